The van der Waals surface area contributed by atoms with E-state index in [1.807, 2.05) is 0 Å². The number of hydrogen-bond donors (Lipinski definition) is 0. The molecule has 0 aromatic heterocycles. The minimum atomic E-state index is -1.58. The summed E-state index contributed by atoms with van der Waals surface area (Å²) in [5, 5.41) is 18.4. The summed E-state index contributed by atoms with van der Waals surface area (Å²) in [4.78, 5) is 18.4. The van der Waals surface area contributed by atoms with Gasteiger partial charge in [-0.05, 0) is 0 Å². The number of rotatable bonds is 2. The first-order valence-corrected chi connectivity index (χ1v) is 2.40. The molecule has 0 aliphatic heterocycles. The van der Waals surface area contributed by atoms with Crippen LogP contribution in [0, 0.1) is 20.2 Å². The first-order chi connectivity index (χ1) is 3.13. The molecule has 0 bridgehead atoms. The van der Waals surface area contributed by atoms with E-state index in [0.717, 1.165) is 0 Å². The van der Waals surface area contributed by atoms with Gasteiger partial charge in [-0.15, -0.1) is 0 Å². The van der Waals surface area contributed by atoms with E-state index in [1.165, 1.54) is 0 Å². The van der Waals surface area contributed by atoms with Crippen molar-refractivity contribution in [2.24, 2.45) is 0 Å². The molecule has 0 saturated heterocycles. The maximum atomic E-state index is 9.20. The zero-order valence-corrected chi connectivity index (χ0v) is 4.40. The topological polar surface area (TPSA) is 86.3 Å². The Kier molecular flexibility index (Phi) is 2.40. The van der Waals surface area contributed by atoms with Crippen molar-refractivity contribution >= 4 is 0 Å². The zero-order valence-electron chi connectivity index (χ0n) is 2.84. The predicted octanol–water partition coefficient (Wildman–Crippen LogP) is -0.548. The van der Waals surface area contributed by atoms with Gasteiger partial charge >= 0.3 is 45.8 Å². The Bertz CT molecular complexity index is 85.9. The second-order valence-electron chi connectivity index (χ2n) is 0.443. The standard InChI is InChI=1S/2NO2.Pd/c2*2-1-3;/q;;+2. The van der Waals surface area contributed by atoms with Gasteiger partial charge in [-0.3, -0.25) is 0 Å². The average molecular weight is 198 g/mol. The normalized spacial score (nSPS) is 8.57. The van der Waals surface area contributed by atoms with Gasteiger partial charge in [-0.1, -0.05) is 0 Å². The molecule has 0 rings (SSSR count). The van der Waals surface area contributed by atoms with Crippen molar-refractivity contribution in [1.82, 2.24) is 0 Å². The van der Waals surface area contributed by atoms with Crippen LogP contribution in [-0.2, 0) is 18.5 Å². The number of nitrogens with zero attached hydrogens (tertiary/aromatic N) is 2. The average Bonchev–Trinajstić information content (AvgIpc) is 1.27. The third kappa shape index (κ3) is 5.46. The molecule has 0 N–H and O–H groups in total. The molecule has 0 aromatic rings. The summed E-state index contributed by atoms with van der Waals surface area (Å²) in [6.07, 6.45) is 0. The second kappa shape index (κ2) is 2.60. The number of nitro groups is 2. The Morgan fingerprint density at radius 1 is 1.14 bits per heavy atom. The Morgan fingerprint density at radius 3 is 1.43 bits per heavy atom. The van der Waals surface area contributed by atoms with Crippen LogP contribution in [0.2, 0.25) is 0 Å². The third-order valence-electron chi connectivity index (χ3n) is 0.103. The molecule has 42 valence electrons. The summed E-state index contributed by atoms with van der Waals surface area (Å²) in [5.41, 5.74) is 0. The molecule has 0 aliphatic rings. The Morgan fingerprint density at radius 2 is 1.43 bits per heavy atom. The van der Waals surface area contributed by atoms with Crippen molar-refractivity contribution in [3.63, 3.8) is 0 Å². The van der Waals surface area contributed by atoms with E-state index in [-0.39, 0.29) is 0 Å². The molecule has 0 saturated carbocycles. The zero-order chi connectivity index (χ0) is 5.86. The van der Waals surface area contributed by atoms with E-state index in [1.54, 1.807) is 0 Å². The molecular formula is N2O4Pd+2. The number of hydrogen-bond acceptors (Lipinski definition) is 4. The molecule has 7 heavy (non-hydrogen) atoms. The molecule has 0 aliphatic carbocycles. The molecule has 0 unspecified atom stereocenters. The van der Waals surface area contributed by atoms with E-state index < -0.39 is 25.6 Å². The van der Waals surface area contributed by atoms with Crippen molar-refractivity contribution in [2.75, 3.05) is 0 Å². The Hall–Kier alpha value is -0.538. The van der Waals surface area contributed by atoms with Gasteiger partial charge in [0.2, 0.25) is 0 Å². The quantitative estimate of drug-likeness (QED) is 0.338. The van der Waals surface area contributed by atoms with Crippen molar-refractivity contribution in [2.45, 2.75) is 0 Å². The fourth-order valence-corrected chi connectivity index (χ4v) is 0.249. The second-order valence-corrected chi connectivity index (χ2v) is 1.89. The summed E-state index contributed by atoms with van der Waals surface area (Å²) in [7, 11) is 0. The fourth-order valence-electron chi connectivity index (χ4n) is 0.0422. The summed E-state index contributed by atoms with van der Waals surface area (Å²) >= 11 is -1.58. The third-order valence-corrected chi connectivity index (χ3v) is 0.611. The van der Waals surface area contributed by atoms with Crippen molar-refractivity contribution < 1.29 is 25.6 Å². The van der Waals surface area contributed by atoms with Crippen molar-refractivity contribution in [3.05, 3.63) is 20.2 Å². The first-order valence-electron chi connectivity index (χ1n) is 1.01. The molecular weight excluding hydrogens is 198 g/mol. The molecule has 0 spiro atoms. The van der Waals surface area contributed by atoms with Crippen LogP contribution in [0.1, 0.15) is 0 Å². The molecule has 0 heterocycles. The van der Waals surface area contributed by atoms with E-state index in [0.29, 0.717) is 0 Å². The van der Waals surface area contributed by atoms with Gasteiger partial charge < -0.3 is 0 Å². The van der Waals surface area contributed by atoms with Crippen LogP contribution in [0.25, 0.3) is 0 Å². The molecule has 0 atom stereocenters. The molecule has 0 amide bonds. The molecule has 0 fully saturated rings. The predicted molar refractivity (Wildman–Crippen MR) is 14.0 cm³/mol. The monoisotopic (exact) mass is 198 g/mol. The van der Waals surface area contributed by atoms with Crippen LogP contribution in [0.5, 0.6) is 0 Å². The van der Waals surface area contributed by atoms with Crippen LogP contribution >= 0.6 is 0 Å². The van der Waals surface area contributed by atoms with E-state index >= 15 is 0 Å². The molecule has 0 aromatic carbocycles. The van der Waals surface area contributed by atoms with Gasteiger partial charge in [0.05, 0.1) is 0 Å². The van der Waals surface area contributed by atoms with Crippen LogP contribution in [0.15, 0.2) is 0 Å². The SMILES string of the molecule is O=[N+]([O-])[Pd+2][N+](=O)[O-]. The van der Waals surface area contributed by atoms with Crippen LogP contribution in [0.4, 0.5) is 0 Å². The van der Waals surface area contributed by atoms with E-state index in [9.17, 15) is 20.2 Å². The van der Waals surface area contributed by atoms with Gasteiger partial charge in [0.25, 0.3) is 0 Å². The molecule has 7 heteroatoms. The van der Waals surface area contributed by atoms with Gasteiger partial charge in [-0.25, -0.2) is 0 Å². The van der Waals surface area contributed by atoms with E-state index in [2.05, 4.69) is 0 Å². The maximum absolute atomic E-state index is 9.20. The van der Waals surface area contributed by atoms with Crippen LogP contribution in [0.3, 0.4) is 0 Å². The summed E-state index contributed by atoms with van der Waals surface area (Å²) < 4.78 is -1.90. The van der Waals surface area contributed by atoms with Gasteiger partial charge in [-0.2, -0.15) is 0 Å². The summed E-state index contributed by atoms with van der Waals surface area (Å²) in [6, 6.07) is 0. The Balaban J connectivity index is 3.32. The van der Waals surface area contributed by atoms with Crippen LogP contribution < -0.4 is 0 Å². The first kappa shape index (κ1) is 6.46. The van der Waals surface area contributed by atoms with E-state index in [4.69, 9.17) is 0 Å². The van der Waals surface area contributed by atoms with Crippen LogP contribution in [-0.4, -0.2) is 7.11 Å². The molecule has 6 nitrogen and oxygen atoms in total. The molecule has 0 radical (unpaired) electrons. The summed E-state index contributed by atoms with van der Waals surface area (Å²) in [6.45, 7) is 0. The van der Waals surface area contributed by atoms with Gasteiger partial charge in [0, 0.05) is 0 Å². The minimum absolute atomic E-state index is 0.950. The van der Waals surface area contributed by atoms with Crippen molar-refractivity contribution in [3.8, 4) is 0 Å². The summed E-state index contributed by atoms with van der Waals surface area (Å²) in [5.74, 6) is 0. The Labute approximate surface area is 46.5 Å². The van der Waals surface area contributed by atoms with Gasteiger partial charge in [0.1, 0.15) is 0 Å². The fraction of sp³-hybridized carbons (Fsp3) is 0. The van der Waals surface area contributed by atoms with Gasteiger partial charge in [0.15, 0.2) is 0 Å². The van der Waals surface area contributed by atoms with Crippen molar-refractivity contribution in [1.29, 1.82) is 0 Å².